The first-order chi connectivity index (χ1) is 8.67. The Labute approximate surface area is 109 Å². The van der Waals surface area contributed by atoms with E-state index in [0.717, 1.165) is 18.7 Å². The molecule has 3 atom stereocenters. The Morgan fingerprint density at radius 1 is 1.33 bits per heavy atom. The number of methoxy groups -OCH3 is 1. The van der Waals surface area contributed by atoms with Crippen LogP contribution >= 0.6 is 0 Å². The second-order valence-electron chi connectivity index (χ2n) is 4.95. The van der Waals surface area contributed by atoms with Crippen molar-refractivity contribution >= 4 is 0 Å². The van der Waals surface area contributed by atoms with Crippen molar-refractivity contribution < 1.29 is 9.47 Å². The Kier molecular flexibility index (Phi) is 4.25. The van der Waals surface area contributed by atoms with Gasteiger partial charge < -0.3 is 14.8 Å². The van der Waals surface area contributed by atoms with Gasteiger partial charge in [0.1, 0.15) is 18.0 Å². The molecule has 0 aromatic heterocycles. The maximum atomic E-state index is 6.08. The van der Waals surface area contributed by atoms with Gasteiger partial charge in [0.15, 0.2) is 0 Å². The van der Waals surface area contributed by atoms with Gasteiger partial charge in [-0.1, -0.05) is 19.1 Å². The van der Waals surface area contributed by atoms with Crippen molar-refractivity contribution in [3.63, 3.8) is 0 Å². The van der Waals surface area contributed by atoms with Gasteiger partial charge in [-0.3, -0.25) is 0 Å². The molecular weight excluding hydrogens is 226 g/mol. The Morgan fingerprint density at radius 2 is 2.11 bits per heavy atom. The summed E-state index contributed by atoms with van der Waals surface area (Å²) < 4.78 is 11.6. The minimum Gasteiger partial charge on any atom is -0.487 e. The summed E-state index contributed by atoms with van der Waals surface area (Å²) in [5.41, 5.74) is 2.49. The van der Waals surface area contributed by atoms with Crippen LogP contribution in [0, 0.1) is 13.8 Å². The Hall–Kier alpha value is -1.06. The van der Waals surface area contributed by atoms with Crippen molar-refractivity contribution in [3.05, 3.63) is 29.3 Å². The van der Waals surface area contributed by atoms with Gasteiger partial charge in [-0.15, -0.1) is 0 Å². The van der Waals surface area contributed by atoms with Gasteiger partial charge in [0.25, 0.3) is 0 Å². The number of hydrogen-bond donors (Lipinski definition) is 1. The highest BCUT2D eigenvalue weighted by Crippen LogP contribution is 2.31. The van der Waals surface area contributed by atoms with E-state index in [1.165, 1.54) is 11.1 Å². The highest BCUT2D eigenvalue weighted by molar-refractivity contribution is 5.38. The first kappa shape index (κ1) is 13.4. The molecule has 3 unspecified atom stereocenters. The predicted molar refractivity (Wildman–Crippen MR) is 73.2 cm³/mol. The second kappa shape index (κ2) is 5.72. The van der Waals surface area contributed by atoms with Crippen LogP contribution in [0.2, 0.25) is 0 Å². The first-order valence-corrected chi connectivity index (χ1v) is 6.66. The van der Waals surface area contributed by atoms with E-state index in [2.05, 4.69) is 32.2 Å². The number of ether oxygens (including phenoxy) is 2. The molecule has 1 aromatic rings. The van der Waals surface area contributed by atoms with Crippen LogP contribution in [0.5, 0.6) is 5.75 Å². The van der Waals surface area contributed by atoms with Crippen molar-refractivity contribution in [2.45, 2.75) is 45.4 Å². The van der Waals surface area contributed by atoms with Crippen LogP contribution in [-0.2, 0) is 4.74 Å². The van der Waals surface area contributed by atoms with Crippen molar-refractivity contribution in [1.29, 1.82) is 0 Å². The van der Waals surface area contributed by atoms with E-state index in [0.29, 0.717) is 6.04 Å². The molecule has 3 nitrogen and oxygen atoms in total. The van der Waals surface area contributed by atoms with E-state index in [4.69, 9.17) is 9.47 Å². The zero-order valence-electron chi connectivity index (χ0n) is 11.7. The molecule has 3 heteroatoms. The molecule has 0 bridgehead atoms. The maximum absolute atomic E-state index is 6.08. The van der Waals surface area contributed by atoms with E-state index in [-0.39, 0.29) is 12.2 Å². The molecule has 0 saturated heterocycles. The van der Waals surface area contributed by atoms with Crippen LogP contribution in [0.25, 0.3) is 0 Å². The molecule has 1 aliphatic rings. The summed E-state index contributed by atoms with van der Waals surface area (Å²) in [6, 6.07) is 6.61. The summed E-state index contributed by atoms with van der Waals surface area (Å²) in [4.78, 5) is 0. The molecule has 1 saturated carbocycles. The van der Waals surface area contributed by atoms with E-state index >= 15 is 0 Å². The smallest absolute Gasteiger partial charge is 0.128 e. The normalized spacial score (nSPS) is 26.8. The molecule has 1 fully saturated rings. The average molecular weight is 249 g/mol. The molecule has 0 heterocycles. The third-order valence-electron chi connectivity index (χ3n) is 3.82. The van der Waals surface area contributed by atoms with Gasteiger partial charge in [0.05, 0.1) is 0 Å². The molecule has 1 aromatic carbocycles. The Bertz CT molecular complexity index is 405. The van der Waals surface area contributed by atoms with Crippen LogP contribution < -0.4 is 10.1 Å². The molecule has 0 aliphatic heterocycles. The SMILES string of the molecule is CCNC1CC(Oc2cccc(C)c2C)C1OC. The van der Waals surface area contributed by atoms with E-state index in [1.54, 1.807) is 7.11 Å². The fourth-order valence-corrected chi connectivity index (χ4v) is 2.49. The lowest BCUT2D eigenvalue weighted by molar-refractivity contribution is -0.0886. The van der Waals surface area contributed by atoms with Crippen LogP contribution in [0.1, 0.15) is 24.5 Å². The minimum absolute atomic E-state index is 0.157. The van der Waals surface area contributed by atoms with Gasteiger partial charge >= 0.3 is 0 Å². The lowest BCUT2D eigenvalue weighted by Crippen LogP contribution is -2.60. The van der Waals surface area contributed by atoms with E-state index < -0.39 is 0 Å². The molecule has 0 amide bonds. The number of hydrogen-bond acceptors (Lipinski definition) is 3. The summed E-state index contributed by atoms with van der Waals surface area (Å²) >= 11 is 0. The van der Waals surface area contributed by atoms with Gasteiger partial charge in [-0.25, -0.2) is 0 Å². The summed E-state index contributed by atoms with van der Waals surface area (Å²) in [7, 11) is 1.76. The molecule has 0 radical (unpaired) electrons. The summed E-state index contributed by atoms with van der Waals surface area (Å²) in [5.74, 6) is 0.983. The standard InChI is InChI=1S/C15H23NO2/c1-5-16-12-9-14(15(12)17-4)18-13-8-6-7-10(2)11(13)3/h6-8,12,14-16H,5,9H2,1-4H3. The maximum Gasteiger partial charge on any atom is 0.128 e. The van der Waals surface area contributed by atoms with Gasteiger partial charge in [0, 0.05) is 19.6 Å². The quantitative estimate of drug-likeness (QED) is 0.869. The highest BCUT2D eigenvalue weighted by atomic mass is 16.5. The second-order valence-corrected chi connectivity index (χ2v) is 4.95. The van der Waals surface area contributed by atoms with Crippen LogP contribution in [-0.4, -0.2) is 31.9 Å². The molecule has 18 heavy (non-hydrogen) atoms. The van der Waals surface area contributed by atoms with Crippen LogP contribution in [0.3, 0.4) is 0 Å². The molecule has 0 spiro atoms. The Balaban J connectivity index is 2.00. The molecule has 2 rings (SSSR count). The van der Waals surface area contributed by atoms with Crippen molar-refractivity contribution in [1.82, 2.24) is 5.32 Å². The zero-order chi connectivity index (χ0) is 13.1. The van der Waals surface area contributed by atoms with Crippen LogP contribution in [0.15, 0.2) is 18.2 Å². The Morgan fingerprint density at radius 3 is 2.78 bits per heavy atom. The van der Waals surface area contributed by atoms with Crippen molar-refractivity contribution in [2.24, 2.45) is 0 Å². The van der Waals surface area contributed by atoms with Gasteiger partial charge in [0.2, 0.25) is 0 Å². The van der Waals surface area contributed by atoms with Crippen molar-refractivity contribution in [2.75, 3.05) is 13.7 Å². The lowest BCUT2D eigenvalue weighted by Gasteiger charge is -2.43. The van der Waals surface area contributed by atoms with E-state index in [1.807, 2.05) is 12.1 Å². The predicted octanol–water partition coefficient (Wildman–Crippen LogP) is 2.45. The zero-order valence-corrected chi connectivity index (χ0v) is 11.7. The van der Waals surface area contributed by atoms with Crippen LogP contribution in [0.4, 0.5) is 0 Å². The number of benzene rings is 1. The summed E-state index contributed by atoms with van der Waals surface area (Å²) in [5, 5.41) is 3.42. The highest BCUT2D eigenvalue weighted by Gasteiger charge is 2.42. The fraction of sp³-hybridized carbons (Fsp3) is 0.600. The average Bonchev–Trinajstić information content (AvgIpc) is 2.33. The van der Waals surface area contributed by atoms with Gasteiger partial charge in [-0.05, 0) is 37.6 Å². The molecule has 100 valence electrons. The largest absolute Gasteiger partial charge is 0.487 e. The molecule has 1 N–H and O–H groups in total. The first-order valence-electron chi connectivity index (χ1n) is 6.66. The summed E-state index contributed by atoms with van der Waals surface area (Å²) in [6.45, 7) is 7.30. The third-order valence-corrected chi connectivity index (χ3v) is 3.82. The number of nitrogens with one attached hydrogen (secondary N) is 1. The number of likely N-dealkylation sites (N-methyl/N-ethyl adjacent to an activating group) is 1. The van der Waals surface area contributed by atoms with Crippen molar-refractivity contribution in [3.8, 4) is 5.75 Å². The van der Waals surface area contributed by atoms with E-state index in [9.17, 15) is 0 Å². The monoisotopic (exact) mass is 249 g/mol. The summed E-state index contributed by atoms with van der Waals surface area (Å²) in [6.07, 6.45) is 1.34. The number of aryl methyl sites for hydroxylation is 1. The number of rotatable bonds is 5. The third kappa shape index (κ3) is 2.52. The molecular formula is C15H23NO2. The molecule has 1 aliphatic carbocycles. The lowest BCUT2D eigenvalue weighted by atomic mass is 9.85. The topological polar surface area (TPSA) is 30.5 Å². The fourth-order valence-electron chi connectivity index (χ4n) is 2.49. The minimum atomic E-state index is 0.157. The van der Waals surface area contributed by atoms with Gasteiger partial charge in [-0.2, -0.15) is 0 Å².